The molecule has 0 radical (unpaired) electrons. The Bertz CT molecular complexity index is 577. The van der Waals surface area contributed by atoms with Gasteiger partial charge in [-0.25, -0.2) is 0 Å². The predicted molar refractivity (Wildman–Crippen MR) is 96.6 cm³/mol. The normalized spacial score (nSPS) is 12.6. The number of aryl methyl sites for hydroxylation is 2. The first-order chi connectivity index (χ1) is 10.2. The monoisotopic (exact) mass is 397 g/mol. The maximum Gasteiger partial charge on any atom is 0.0618 e. The van der Waals surface area contributed by atoms with Crippen LogP contribution < -0.4 is 5.32 Å². The van der Waals surface area contributed by atoms with Crippen molar-refractivity contribution in [3.8, 4) is 0 Å². The summed E-state index contributed by atoms with van der Waals surface area (Å²) in [6, 6.07) is 6.76. The minimum absolute atomic E-state index is 0.224. The third-order valence-electron chi connectivity index (χ3n) is 3.57. The lowest BCUT2D eigenvalue weighted by atomic mass is 9.99. The van der Waals surface area contributed by atoms with Crippen LogP contribution in [0.25, 0.3) is 0 Å². The lowest BCUT2D eigenvalue weighted by Crippen LogP contribution is -2.24. The highest BCUT2D eigenvalue weighted by Gasteiger charge is 2.18. The number of aromatic nitrogens is 2. The molecule has 0 aliphatic rings. The lowest BCUT2D eigenvalue weighted by Gasteiger charge is -2.20. The fraction of sp³-hybridized carbons (Fsp3) is 0.471. The molecular formula is C17H24IN3. The number of hydrogen-bond acceptors (Lipinski definition) is 2. The summed E-state index contributed by atoms with van der Waals surface area (Å²) in [5.41, 5.74) is 3.93. The average molecular weight is 397 g/mol. The van der Waals surface area contributed by atoms with Crippen molar-refractivity contribution in [1.82, 2.24) is 15.1 Å². The fourth-order valence-electron chi connectivity index (χ4n) is 2.47. The maximum absolute atomic E-state index is 4.49. The number of rotatable bonds is 7. The highest BCUT2D eigenvalue weighted by atomic mass is 127. The van der Waals surface area contributed by atoms with Gasteiger partial charge in [0.1, 0.15) is 0 Å². The van der Waals surface area contributed by atoms with Crippen molar-refractivity contribution in [3.63, 3.8) is 0 Å². The number of hydrogen-bond donors (Lipinski definition) is 1. The first-order valence-corrected chi connectivity index (χ1v) is 8.76. The summed E-state index contributed by atoms with van der Waals surface area (Å²) in [6.45, 7) is 8.53. The molecule has 3 nitrogen and oxygen atoms in total. The summed E-state index contributed by atoms with van der Waals surface area (Å²) < 4.78 is 3.38. The molecular weight excluding hydrogens is 373 g/mol. The van der Waals surface area contributed by atoms with Gasteiger partial charge in [0.05, 0.1) is 12.2 Å². The third kappa shape index (κ3) is 4.07. The first kappa shape index (κ1) is 16.5. The zero-order valence-electron chi connectivity index (χ0n) is 13.1. The van der Waals surface area contributed by atoms with Crippen LogP contribution in [-0.2, 0) is 6.54 Å². The summed E-state index contributed by atoms with van der Waals surface area (Å²) in [6.07, 6.45) is 6.41. The van der Waals surface area contributed by atoms with Crippen molar-refractivity contribution >= 4 is 22.6 Å². The van der Waals surface area contributed by atoms with Crippen molar-refractivity contribution in [3.05, 3.63) is 50.9 Å². The van der Waals surface area contributed by atoms with Crippen molar-refractivity contribution in [2.75, 3.05) is 6.54 Å². The van der Waals surface area contributed by atoms with Gasteiger partial charge in [-0.1, -0.05) is 32.0 Å². The van der Waals surface area contributed by atoms with Crippen molar-refractivity contribution in [2.24, 2.45) is 0 Å². The van der Waals surface area contributed by atoms with Crippen molar-refractivity contribution in [1.29, 1.82) is 0 Å². The van der Waals surface area contributed by atoms with Gasteiger partial charge < -0.3 is 5.32 Å². The maximum atomic E-state index is 4.49. The number of nitrogens with zero attached hydrogens (tertiary/aromatic N) is 2. The zero-order chi connectivity index (χ0) is 15.2. The van der Waals surface area contributed by atoms with E-state index in [9.17, 15) is 0 Å². The molecule has 0 saturated heterocycles. The number of benzene rings is 1. The number of nitrogens with one attached hydrogen (secondary N) is 1. The fourth-order valence-corrected chi connectivity index (χ4v) is 3.14. The van der Waals surface area contributed by atoms with Gasteiger partial charge in [0.25, 0.3) is 0 Å². The van der Waals surface area contributed by atoms with Gasteiger partial charge >= 0.3 is 0 Å². The molecule has 0 fully saturated rings. The molecule has 0 bridgehead atoms. The molecule has 1 aromatic heterocycles. The van der Waals surface area contributed by atoms with Gasteiger partial charge in [-0.3, -0.25) is 4.68 Å². The second kappa shape index (κ2) is 7.94. The predicted octanol–water partition coefficient (Wildman–Crippen LogP) is 4.30. The van der Waals surface area contributed by atoms with Crippen LogP contribution in [0.15, 0.2) is 30.6 Å². The summed E-state index contributed by atoms with van der Waals surface area (Å²) in [5.74, 6) is 0. The molecule has 1 aromatic carbocycles. The van der Waals surface area contributed by atoms with E-state index in [1.807, 2.05) is 10.9 Å². The van der Waals surface area contributed by atoms with Gasteiger partial charge in [-0.05, 0) is 60.0 Å². The molecule has 0 amide bonds. The molecule has 1 atom stereocenters. The van der Waals surface area contributed by atoms with E-state index in [-0.39, 0.29) is 6.04 Å². The van der Waals surface area contributed by atoms with Crippen LogP contribution >= 0.6 is 22.6 Å². The van der Waals surface area contributed by atoms with Crippen LogP contribution in [0.4, 0.5) is 0 Å². The summed E-state index contributed by atoms with van der Waals surface area (Å²) in [7, 11) is 0. The van der Waals surface area contributed by atoms with Crippen LogP contribution in [0.5, 0.6) is 0 Å². The summed E-state index contributed by atoms with van der Waals surface area (Å²) in [5, 5.41) is 8.15. The van der Waals surface area contributed by atoms with Gasteiger partial charge in [0.15, 0.2) is 0 Å². The van der Waals surface area contributed by atoms with Crippen LogP contribution in [-0.4, -0.2) is 16.3 Å². The van der Waals surface area contributed by atoms with E-state index in [4.69, 9.17) is 0 Å². The standard InChI is InChI=1S/C17H24IN3/c1-4-9-19-17(14-11-20-21(12-14)10-5-2)15-8-6-7-13(3)16(15)18/h6-8,11-12,17,19H,4-5,9-10H2,1-3H3. The summed E-state index contributed by atoms with van der Waals surface area (Å²) >= 11 is 2.45. The highest BCUT2D eigenvalue weighted by molar-refractivity contribution is 14.1. The van der Waals surface area contributed by atoms with E-state index in [2.05, 4.69) is 78.2 Å². The molecule has 0 aliphatic carbocycles. The Morgan fingerprint density at radius 3 is 2.81 bits per heavy atom. The summed E-state index contributed by atoms with van der Waals surface area (Å²) in [4.78, 5) is 0. The molecule has 4 heteroatoms. The van der Waals surface area contributed by atoms with Crippen molar-refractivity contribution < 1.29 is 0 Å². The van der Waals surface area contributed by atoms with E-state index in [0.29, 0.717) is 0 Å². The Hall–Kier alpha value is -0.880. The van der Waals surface area contributed by atoms with Crippen molar-refractivity contribution in [2.45, 2.75) is 46.2 Å². The minimum Gasteiger partial charge on any atom is -0.306 e. The van der Waals surface area contributed by atoms with Crippen LogP contribution in [0.2, 0.25) is 0 Å². The Labute approximate surface area is 141 Å². The lowest BCUT2D eigenvalue weighted by molar-refractivity contribution is 0.587. The number of halogens is 1. The molecule has 0 aliphatic heterocycles. The van der Waals surface area contributed by atoms with E-state index in [1.165, 1.54) is 20.3 Å². The Morgan fingerprint density at radius 2 is 2.10 bits per heavy atom. The average Bonchev–Trinajstić information content (AvgIpc) is 2.92. The highest BCUT2D eigenvalue weighted by Crippen LogP contribution is 2.28. The van der Waals surface area contributed by atoms with E-state index in [0.717, 1.165) is 25.9 Å². The van der Waals surface area contributed by atoms with Gasteiger partial charge in [0, 0.05) is 21.9 Å². The third-order valence-corrected chi connectivity index (χ3v) is 5.04. The Kier molecular flexibility index (Phi) is 6.23. The van der Waals surface area contributed by atoms with Crippen LogP contribution in [0, 0.1) is 10.5 Å². The molecule has 114 valence electrons. The smallest absolute Gasteiger partial charge is 0.0618 e. The van der Waals surface area contributed by atoms with Gasteiger partial charge in [-0.2, -0.15) is 5.10 Å². The van der Waals surface area contributed by atoms with Gasteiger partial charge in [0.2, 0.25) is 0 Å². The van der Waals surface area contributed by atoms with Crippen LogP contribution in [0.3, 0.4) is 0 Å². The van der Waals surface area contributed by atoms with E-state index >= 15 is 0 Å². The quantitative estimate of drug-likeness (QED) is 0.707. The molecule has 1 unspecified atom stereocenters. The molecule has 2 aromatic rings. The molecule has 0 spiro atoms. The second-order valence-electron chi connectivity index (χ2n) is 5.40. The molecule has 0 saturated carbocycles. The molecule has 1 N–H and O–H groups in total. The van der Waals surface area contributed by atoms with E-state index in [1.54, 1.807) is 0 Å². The van der Waals surface area contributed by atoms with Gasteiger partial charge in [-0.15, -0.1) is 0 Å². The first-order valence-electron chi connectivity index (χ1n) is 7.68. The van der Waals surface area contributed by atoms with Crippen LogP contribution in [0.1, 0.15) is 49.4 Å². The topological polar surface area (TPSA) is 29.9 Å². The SMILES string of the molecule is CCCNC(c1cnn(CCC)c1)c1cccc(C)c1I. The largest absolute Gasteiger partial charge is 0.306 e. The molecule has 2 rings (SSSR count). The van der Waals surface area contributed by atoms with E-state index < -0.39 is 0 Å². The molecule has 21 heavy (non-hydrogen) atoms. The zero-order valence-corrected chi connectivity index (χ0v) is 15.2. The Morgan fingerprint density at radius 1 is 1.29 bits per heavy atom. The second-order valence-corrected chi connectivity index (χ2v) is 6.48. The molecule has 1 heterocycles. The Balaban J connectivity index is 2.34. The minimum atomic E-state index is 0.224.